The minimum absolute atomic E-state index is 0.00630. The molecule has 0 heterocycles. The number of hydrogen-bond acceptors (Lipinski definition) is 2. The van der Waals surface area contributed by atoms with Gasteiger partial charge in [-0.25, -0.2) is 5.43 Å². The lowest BCUT2D eigenvalue weighted by Gasteiger charge is -2.22. The minimum atomic E-state index is 0.00630. The molecule has 3 N–H and O–H groups in total. The first-order chi connectivity index (χ1) is 9.43. The summed E-state index contributed by atoms with van der Waals surface area (Å²) in [7, 11) is 0. The normalized spacial score (nSPS) is 12.5. The molecule has 2 aromatic carbocycles. The van der Waals surface area contributed by atoms with Gasteiger partial charge >= 0.3 is 0 Å². The van der Waals surface area contributed by atoms with Crippen LogP contribution >= 0.6 is 15.9 Å². The molecule has 2 nitrogen and oxygen atoms in total. The van der Waals surface area contributed by atoms with E-state index in [0.717, 1.165) is 4.47 Å². The summed E-state index contributed by atoms with van der Waals surface area (Å²) in [5, 5.41) is 0. The van der Waals surface area contributed by atoms with Crippen molar-refractivity contribution in [2.24, 2.45) is 5.84 Å². The molecule has 0 bridgehead atoms. The average molecular weight is 333 g/mol. The van der Waals surface area contributed by atoms with Crippen LogP contribution < -0.4 is 11.3 Å². The molecule has 0 radical (unpaired) electrons. The van der Waals surface area contributed by atoms with Crippen LogP contribution in [0.3, 0.4) is 0 Å². The zero-order valence-corrected chi connectivity index (χ0v) is 14.0. The van der Waals surface area contributed by atoms with Gasteiger partial charge in [-0.2, -0.15) is 0 Å². The largest absolute Gasteiger partial charge is 0.271 e. The molecule has 3 heteroatoms. The van der Waals surface area contributed by atoms with Gasteiger partial charge in [-0.1, -0.05) is 34.1 Å². The Hall–Kier alpha value is -1.16. The van der Waals surface area contributed by atoms with Gasteiger partial charge in [0.1, 0.15) is 0 Å². The zero-order valence-electron chi connectivity index (χ0n) is 12.4. The molecular formula is C17H21BrN2. The van der Waals surface area contributed by atoms with Gasteiger partial charge in [0.25, 0.3) is 0 Å². The summed E-state index contributed by atoms with van der Waals surface area (Å²) in [6.45, 7) is 8.53. The third kappa shape index (κ3) is 2.95. The molecule has 0 saturated carbocycles. The van der Waals surface area contributed by atoms with Crippen molar-refractivity contribution in [3.05, 3.63) is 68.2 Å². The molecule has 0 amide bonds. The van der Waals surface area contributed by atoms with E-state index in [4.69, 9.17) is 5.84 Å². The molecule has 0 aliphatic heterocycles. The van der Waals surface area contributed by atoms with Crippen molar-refractivity contribution >= 4 is 15.9 Å². The smallest absolute Gasteiger partial charge is 0.0715 e. The number of rotatable bonds is 3. The first-order valence-electron chi connectivity index (χ1n) is 6.74. The number of halogens is 1. The maximum Gasteiger partial charge on any atom is 0.0715 e. The SMILES string of the molecule is Cc1cc(C)c(C(NN)c2cc(Br)ccc2C)cc1C. The van der Waals surface area contributed by atoms with Crippen molar-refractivity contribution in [1.29, 1.82) is 0 Å². The summed E-state index contributed by atoms with van der Waals surface area (Å²) in [6.07, 6.45) is 0. The molecule has 0 spiro atoms. The highest BCUT2D eigenvalue weighted by atomic mass is 79.9. The average Bonchev–Trinajstić information content (AvgIpc) is 2.40. The summed E-state index contributed by atoms with van der Waals surface area (Å²) in [5.74, 6) is 5.85. The van der Waals surface area contributed by atoms with Crippen molar-refractivity contribution in [3.63, 3.8) is 0 Å². The Balaban J connectivity index is 2.58. The van der Waals surface area contributed by atoms with Gasteiger partial charge in [-0.3, -0.25) is 5.84 Å². The molecule has 106 valence electrons. The highest BCUT2D eigenvalue weighted by molar-refractivity contribution is 9.10. The lowest BCUT2D eigenvalue weighted by atomic mass is 9.90. The van der Waals surface area contributed by atoms with E-state index >= 15 is 0 Å². The number of nitrogens with one attached hydrogen (secondary N) is 1. The molecule has 20 heavy (non-hydrogen) atoms. The van der Waals surface area contributed by atoms with Crippen LogP contribution in [0, 0.1) is 27.7 Å². The lowest BCUT2D eigenvalue weighted by molar-refractivity contribution is 0.629. The number of aryl methyl sites for hydroxylation is 4. The molecule has 0 aliphatic rings. The van der Waals surface area contributed by atoms with Gasteiger partial charge < -0.3 is 0 Å². The van der Waals surface area contributed by atoms with E-state index in [1.807, 2.05) is 0 Å². The molecule has 2 aromatic rings. The Kier molecular flexibility index (Phi) is 4.63. The monoisotopic (exact) mass is 332 g/mol. The van der Waals surface area contributed by atoms with Crippen molar-refractivity contribution < 1.29 is 0 Å². The van der Waals surface area contributed by atoms with Crippen LogP contribution in [0.4, 0.5) is 0 Å². The van der Waals surface area contributed by atoms with E-state index in [0.29, 0.717) is 0 Å². The van der Waals surface area contributed by atoms with Crippen molar-refractivity contribution in [2.75, 3.05) is 0 Å². The predicted molar refractivity (Wildman–Crippen MR) is 88.7 cm³/mol. The van der Waals surface area contributed by atoms with Gasteiger partial charge in [0.05, 0.1) is 6.04 Å². The van der Waals surface area contributed by atoms with Crippen LogP contribution in [0.2, 0.25) is 0 Å². The van der Waals surface area contributed by atoms with E-state index in [1.165, 1.54) is 33.4 Å². The van der Waals surface area contributed by atoms with Crippen LogP contribution in [0.1, 0.15) is 39.4 Å². The van der Waals surface area contributed by atoms with Crippen LogP contribution in [0.5, 0.6) is 0 Å². The predicted octanol–water partition coefficient (Wildman–Crippen LogP) is 4.24. The van der Waals surface area contributed by atoms with Gasteiger partial charge in [-0.05, 0) is 73.2 Å². The van der Waals surface area contributed by atoms with Gasteiger partial charge in [0.2, 0.25) is 0 Å². The van der Waals surface area contributed by atoms with Crippen LogP contribution in [-0.2, 0) is 0 Å². The molecule has 0 aliphatic carbocycles. The first kappa shape index (κ1) is 15.2. The number of hydrazine groups is 1. The van der Waals surface area contributed by atoms with Crippen LogP contribution in [0.25, 0.3) is 0 Å². The Morgan fingerprint density at radius 1 is 0.850 bits per heavy atom. The van der Waals surface area contributed by atoms with E-state index in [-0.39, 0.29) is 6.04 Å². The maximum atomic E-state index is 5.85. The second-order valence-electron chi connectivity index (χ2n) is 5.39. The maximum absolute atomic E-state index is 5.85. The third-order valence-corrected chi connectivity index (χ3v) is 4.41. The minimum Gasteiger partial charge on any atom is -0.271 e. The van der Waals surface area contributed by atoms with Crippen LogP contribution in [-0.4, -0.2) is 0 Å². The fraction of sp³-hybridized carbons (Fsp3) is 0.294. The first-order valence-corrected chi connectivity index (χ1v) is 7.53. The molecule has 0 saturated heterocycles. The van der Waals surface area contributed by atoms with E-state index < -0.39 is 0 Å². The summed E-state index contributed by atoms with van der Waals surface area (Å²) >= 11 is 3.54. The summed E-state index contributed by atoms with van der Waals surface area (Å²) in [6, 6.07) is 10.8. The fourth-order valence-electron chi connectivity index (χ4n) is 2.56. The molecule has 1 atom stereocenters. The van der Waals surface area contributed by atoms with Crippen molar-refractivity contribution in [1.82, 2.24) is 5.43 Å². The molecule has 2 rings (SSSR count). The standard InChI is InChI=1S/C17H21BrN2/c1-10-5-6-14(18)9-16(10)17(20-19)15-8-12(3)11(2)7-13(15)4/h5-9,17,20H,19H2,1-4H3. The highest BCUT2D eigenvalue weighted by Crippen LogP contribution is 2.30. The summed E-state index contributed by atoms with van der Waals surface area (Å²) < 4.78 is 1.07. The van der Waals surface area contributed by atoms with Gasteiger partial charge in [0, 0.05) is 4.47 Å². The Labute approximate surface area is 129 Å². The van der Waals surface area contributed by atoms with Crippen LogP contribution in [0.15, 0.2) is 34.8 Å². The molecular weight excluding hydrogens is 312 g/mol. The molecule has 0 fully saturated rings. The Bertz CT molecular complexity index is 635. The van der Waals surface area contributed by atoms with E-state index in [9.17, 15) is 0 Å². The summed E-state index contributed by atoms with van der Waals surface area (Å²) in [5.41, 5.74) is 10.5. The van der Waals surface area contributed by atoms with E-state index in [1.54, 1.807) is 0 Å². The van der Waals surface area contributed by atoms with Crippen molar-refractivity contribution in [2.45, 2.75) is 33.7 Å². The Morgan fingerprint density at radius 3 is 2.10 bits per heavy atom. The third-order valence-electron chi connectivity index (χ3n) is 3.91. The number of nitrogens with two attached hydrogens (primary N) is 1. The van der Waals surface area contributed by atoms with Gasteiger partial charge in [0.15, 0.2) is 0 Å². The second kappa shape index (κ2) is 6.08. The molecule has 0 aromatic heterocycles. The number of benzene rings is 2. The fourth-order valence-corrected chi connectivity index (χ4v) is 2.94. The Morgan fingerprint density at radius 2 is 1.45 bits per heavy atom. The lowest BCUT2D eigenvalue weighted by Crippen LogP contribution is -2.30. The van der Waals surface area contributed by atoms with E-state index in [2.05, 4.69) is 79.4 Å². The number of hydrogen-bond donors (Lipinski definition) is 2. The highest BCUT2D eigenvalue weighted by Gasteiger charge is 2.17. The van der Waals surface area contributed by atoms with Crippen molar-refractivity contribution in [3.8, 4) is 0 Å². The quantitative estimate of drug-likeness (QED) is 0.651. The zero-order chi connectivity index (χ0) is 14.9. The molecule has 1 unspecified atom stereocenters. The summed E-state index contributed by atoms with van der Waals surface area (Å²) in [4.78, 5) is 0. The second-order valence-corrected chi connectivity index (χ2v) is 6.31. The van der Waals surface area contributed by atoms with Gasteiger partial charge in [-0.15, -0.1) is 0 Å². The topological polar surface area (TPSA) is 38.0 Å².